The van der Waals surface area contributed by atoms with E-state index in [-0.39, 0.29) is 0 Å². The first-order valence-corrected chi connectivity index (χ1v) is 13.6. The van der Waals surface area contributed by atoms with Crippen LogP contribution in [-0.2, 0) is 25.7 Å². The Morgan fingerprint density at radius 3 is 2.11 bits per heavy atom. The number of nitrogens with one attached hydrogen (secondary N) is 2. The van der Waals surface area contributed by atoms with Crippen LogP contribution in [0.15, 0.2) is 36.4 Å². The van der Waals surface area contributed by atoms with Crippen LogP contribution in [0.25, 0.3) is 43.0 Å². The van der Waals surface area contributed by atoms with Crippen molar-refractivity contribution >= 4 is 21.4 Å². The maximum absolute atomic E-state index is 4.98. The lowest BCUT2D eigenvalue weighted by atomic mass is 9.90. The minimum absolute atomic E-state index is 0.416. The molecule has 2 aliphatic carbocycles. The first-order chi connectivity index (χ1) is 17.0. The van der Waals surface area contributed by atoms with E-state index in [9.17, 15) is 0 Å². The molecule has 0 amide bonds. The fourth-order valence-corrected chi connectivity index (χ4v) is 6.91. The van der Waals surface area contributed by atoms with Crippen LogP contribution in [-0.4, -0.2) is 19.9 Å². The molecule has 35 heavy (non-hydrogen) atoms. The van der Waals surface area contributed by atoms with Gasteiger partial charge in [-0.05, 0) is 59.9 Å². The summed E-state index contributed by atoms with van der Waals surface area (Å²) in [5, 5.41) is 1.35. The molecule has 0 unspecified atom stereocenters. The third kappa shape index (κ3) is 3.24. The number of fused-ring (bicyclic) bond motifs is 8. The molecule has 2 aliphatic rings. The molecular formula is C30H30N4S. The normalized spacial score (nSPS) is 14.3. The highest BCUT2D eigenvalue weighted by molar-refractivity contribution is 7.22. The zero-order valence-corrected chi connectivity index (χ0v) is 21.6. The highest BCUT2D eigenvalue weighted by Crippen LogP contribution is 2.43. The smallest absolute Gasteiger partial charge is 0.109 e. The second-order valence-electron chi connectivity index (χ2n) is 10.7. The standard InChI is InChI=1S/C30H30N4S/c1-15(2)29-31-23-11-7-17-13-18(5-8-20(17)26(23)33-29)25-14-19-6-9-21-22(28(19)35-25)10-12-24-27(21)34-30(32-24)16(3)4/h5-6,8-9,13-16H,7,10-12H2,1-4H3,(H,31,33)(H,32,34). The number of aromatic amines is 2. The summed E-state index contributed by atoms with van der Waals surface area (Å²) in [5.41, 5.74) is 11.7. The Balaban J connectivity index is 1.29. The van der Waals surface area contributed by atoms with Gasteiger partial charge in [-0.1, -0.05) is 52.0 Å². The van der Waals surface area contributed by atoms with Gasteiger partial charge in [-0.15, -0.1) is 11.3 Å². The lowest BCUT2D eigenvalue weighted by molar-refractivity contribution is 0.787. The molecule has 0 bridgehead atoms. The van der Waals surface area contributed by atoms with E-state index in [1.54, 1.807) is 0 Å². The Labute approximate surface area is 209 Å². The van der Waals surface area contributed by atoms with Gasteiger partial charge in [-0.3, -0.25) is 0 Å². The Kier molecular flexibility index (Phi) is 4.62. The molecule has 0 aliphatic heterocycles. The Bertz CT molecular complexity index is 1610. The van der Waals surface area contributed by atoms with Gasteiger partial charge < -0.3 is 9.97 Å². The fraction of sp³-hybridized carbons (Fsp3) is 0.333. The predicted molar refractivity (Wildman–Crippen MR) is 145 cm³/mol. The number of nitrogens with zero attached hydrogens (tertiary/aromatic N) is 2. The highest BCUT2D eigenvalue weighted by atomic mass is 32.1. The van der Waals surface area contributed by atoms with Crippen molar-refractivity contribution in [2.45, 2.75) is 65.2 Å². The number of hydrogen-bond acceptors (Lipinski definition) is 3. The summed E-state index contributed by atoms with van der Waals surface area (Å²) in [6, 6.07) is 13.9. The van der Waals surface area contributed by atoms with E-state index in [0.29, 0.717) is 11.8 Å². The van der Waals surface area contributed by atoms with Gasteiger partial charge in [-0.2, -0.15) is 0 Å². The third-order valence-corrected chi connectivity index (χ3v) is 8.91. The van der Waals surface area contributed by atoms with Crippen molar-refractivity contribution in [3.05, 3.63) is 70.6 Å². The summed E-state index contributed by atoms with van der Waals surface area (Å²) in [7, 11) is 0. The van der Waals surface area contributed by atoms with Crippen LogP contribution in [0.2, 0.25) is 0 Å². The number of aromatic nitrogens is 4. The average molecular weight is 479 g/mol. The second kappa shape index (κ2) is 7.66. The number of H-pyrrole nitrogens is 2. The number of thiophene rings is 1. The summed E-state index contributed by atoms with van der Waals surface area (Å²) in [5.74, 6) is 3.04. The first-order valence-electron chi connectivity index (χ1n) is 12.8. The molecule has 5 heteroatoms. The van der Waals surface area contributed by atoms with E-state index >= 15 is 0 Å². The topological polar surface area (TPSA) is 57.4 Å². The molecule has 7 rings (SSSR count). The molecule has 0 spiro atoms. The Morgan fingerprint density at radius 1 is 0.743 bits per heavy atom. The second-order valence-corrected chi connectivity index (χ2v) is 11.8. The summed E-state index contributed by atoms with van der Waals surface area (Å²) in [6.45, 7) is 8.80. The minimum atomic E-state index is 0.416. The Morgan fingerprint density at radius 2 is 1.40 bits per heavy atom. The largest absolute Gasteiger partial charge is 0.345 e. The van der Waals surface area contributed by atoms with Crippen molar-refractivity contribution in [1.82, 2.24) is 19.9 Å². The number of imidazole rings is 2. The molecule has 4 nitrogen and oxygen atoms in total. The molecule has 2 N–H and O–H groups in total. The zero-order valence-electron chi connectivity index (χ0n) is 20.7. The number of rotatable bonds is 3. The molecular weight excluding hydrogens is 448 g/mol. The maximum atomic E-state index is 4.98. The quantitative estimate of drug-likeness (QED) is 0.278. The zero-order chi connectivity index (χ0) is 23.8. The summed E-state index contributed by atoms with van der Waals surface area (Å²) in [4.78, 5) is 18.4. The van der Waals surface area contributed by atoms with Gasteiger partial charge in [0.15, 0.2) is 0 Å². The molecule has 176 valence electrons. The molecule has 0 atom stereocenters. The van der Waals surface area contributed by atoms with Crippen LogP contribution < -0.4 is 0 Å². The molecule has 0 saturated heterocycles. The van der Waals surface area contributed by atoms with E-state index in [4.69, 9.17) is 9.97 Å². The molecule has 0 fully saturated rings. The molecule has 2 aromatic carbocycles. The Hall–Kier alpha value is -3.18. The van der Waals surface area contributed by atoms with Crippen molar-refractivity contribution in [3.63, 3.8) is 0 Å². The van der Waals surface area contributed by atoms with Crippen LogP contribution in [0.4, 0.5) is 0 Å². The number of hydrogen-bond donors (Lipinski definition) is 2. The SMILES string of the molecule is CC(C)c1nc2c([nH]1)CCc1cc(-c3cc4ccc5c(c4s3)CCc3[nH]c(C(C)C)nc3-5)ccc1-2. The molecule has 0 radical (unpaired) electrons. The lowest BCUT2D eigenvalue weighted by Crippen LogP contribution is -2.03. The van der Waals surface area contributed by atoms with Gasteiger partial charge in [0, 0.05) is 43.9 Å². The highest BCUT2D eigenvalue weighted by Gasteiger charge is 2.25. The van der Waals surface area contributed by atoms with Gasteiger partial charge in [-0.25, -0.2) is 9.97 Å². The van der Waals surface area contributed by atoms with Gasteiger partial charge in [0.2, 0.25) is 0 Å². The molecule has 0 saturated carbocycles. The molecule has 3 heterocycles. The lowest BCUT2D eigenvalue weighted by Gasteiger charge is -2.16. The van der Waals surface area contributed by atoms with Crippen molar-refractivity contribution in [2.24, 2.45) is 0 Å². The van der Waals surface area contributed by atoms with Crippen molar-refractivity contribution in [2.75, 3.05) is 0 Å². The van der Waals surface area contributed by atoms with Gasteiger partial charge >= 0.3 is 0 Å². The maximum Gasteiger partial charge on any atom is 0.109 e. The first kappa shape index (κ1) is 21.1. The van der Waals surface area contributed by atoms with E-state index in [1.165, 1.54) is 54.2 Å². The van der Waals surface area contributed by atoms with E-state index in [0.717, 1.165) is 48.7 Å². The average Bonchev–Trinajstić information content (AvgIpc) is 3.59. The van der Waals surface area contributed by atoms with Crippen LogP contribution in [0.3, 0.4) is 0 Å². The third-order valence-electron chi connectivity index (χ3n) is 7.65. The van der Waals surface area contributed by atoms with E-state index in [2.05, 4.69) is 74.1 Å². The van der Waals surface area contributed by atoms with Crippen LogP contribution in [0, 0.1) is 0 Å². The monoisotopic (exact) mass is 478 g/mol. The number of benzene rings is 2. The fourth-order valence-electron chi connectivity index (χ4n) is 5.68. The predicted octanol–water partition coefficient (Wildman–Crippen LogP) is 7.79. The van der Waals surface area contributed by atoms with E-state index in [1.807, 2.05) is 11.3 Å². The number of aryl methyl sites for hydroxylation is 4. The summed E-state index contributed by atoms with van der Waals surface area (Å²) in [6.07, 6.45) is 4.22. The van der Waals surface area contributed by atoms with Crippen molar-refractivity contribution in [1.29, 1.82) is 0 Å². The minimum Gasteiger partial charge on any atom is -0.345 e. The van der Waals surface area contributed by atoms with Crippen LogP contribution >= 0.6 is 11.3 Å². The van der Waals surface area contributed by atoms with Crippen LogP contribution in [0.1, 0.15) is 73.7 Å². The molecule has 3 aromatic heterocycles. The summed E-state index contributed by atoms with van der Waals surface area (Å²) < 4.78 is 1.42. The van der Waals surface area contributed by atoms with Gasteiger partial charge in [0.25, 0.3) is 0 Å². The van der Waals surface area contributed by atoms with Crippen LogP contribution in [0.5, 0.6) is 0 Å². The van der Waals surface area contributed by atoms with Crippen molar-refractivity contribution < 1.29 is 0 Å². The van der Waals surface area contributed by atoms with E-state index < -0.39 is 0 Å². The molecule has 5 aromatic rings. The van der Waals surface area contributed by atoms with Gasteiger partial charge in [0.05, 0.1) is 11.4 Å². The van der Waals surface area contributed by atoms with Crippen molar-refractivity contribution in [3.8, 4) is 33.0 Å². The summed E-state index contributed by atoms with van der Waals surface area (Å²) >= 11 is 1.94. The van der Waals surface area contributed by atoms with Gasteiger partial charge in [0.1, 0.15) is 11.6 Å².